The molecule has 0 bridgehead atoms. The number of nitro benzene ring substituents is 4. The lowest BCUT2D eigenvalue weighted by Gasteiger charge is -2.34. The Balaban J connectivity index is 0.000000357. The fourth-order valence-electron chi connectivity index (χ4n) is 5.82. The number of nitro groups is 4. The highest BCUT2D eigenvalue weighted by Gasteiger charge is 2.22. The van der Waals surface area contributed by atoms with Crippen LogP contribution in [-0.4, -0.2) is 146 Å². The van der Waals surface area contributed by atoms with Crippen LogP contribution < -0.4 is 9.80 Å². The van der Waals surface area contributed by atoms with Gasteiger partial charge in [0.2, 0.25) is 0 Å². The summed E-state index contributed by atoms with van der Waals surface area (Å²) in [6.07, 6.45) is 2.23. The third-order valence-electron chi connectivity index (χ3n) is 9.30. The van der Waals surface area contributed by atoms with Crippen molar-refractivity contribution in [3.8, 4) is 0 Å². The molecule has 0 saturated carbocycles. The van der Waals surface area contributed by atoms with Crippen LogP contribution in [0.1, 0.15) is 0 Å². The van der Waals surface area contributed by atoms with Crippen LogP contribution in [0, 0.1) is 40.5 Å². The Hall–Kier alpha value is -7.98. The van der Waals surface area contributed by atoms with Gasteiger partial charge in [0.1, 0.15) is 0 Å². The van der Waals surface area contributed by atoms with Crippen LogP contribution in [-0.2, 0) is 19.2 Å². The normalized spacial score (nSPS) is 13.5. The second-order valence-electron chi connectivity index (χ2n) is 14.1. The summed E-state index contributed by atoms with van der Waals surface area (Å²) in [4.78, 5) is 91.5. The van der Waals surface area contributed by atoms with Crippen molar-refractivity contribution in [2.45, 2.75) is 19.6 Å². The molecule has 0 radical (unpaired) electrons. The zero-order valence-electron chi connectivity index (χ0n) is 36.6. The standard InChI is InChI=1S/2C17H18N4O4S.2C4H4O4.H2O/c2*1-18-8-10-19(11-9-18)13-2-5-15(6-3-13)26-17-7-4-14(20(22)23)12-16(17)21(24)25;2*5-3(6)1-2-4(7)8;/h2*2-7,12H,8-11H2,1H3;2*1-2H,(H,5,6)(H,7,8);1H2/b;;2*2-1-;. The van der Waals surface area contributed by atoms with E-state index in [1.54, 1.807) is 0 Å². The number of nitrogens with zero attached hydrogens (tertiary/aromatic N) is 8. The molecule has 0 atom stereocenters. The molecule has 2 heterocycles. The summed E-state index contributed by atoms with van der Waals surface area (Å²) in [7, 11) is 4.21. The minimum Gasteiger partial charge on any atom is -0.478 e. The van der Waals surface area contributed by atoms with E-state index in [1.165, 1.54) is 47.8 Å². The van der Waals surface area contributed by atoms with Crippen molar-refractivity contribution in [2.24, 2.45) is 0 Å². The molecule has 0 spiro atoms. The highest BCUT2D eigenvalue weighted by atomic mass is 32.2. The van der Waals surface area contributed by atoms with E-state index in [-0.39, 0.29) is 28.2 Å². The van der Waals surface area contributed by atoms with Crippen LogP contribution in [0.5, 0.6) is 0 Å². The number of benzene rings is 4. The van der Waals surface area contributed by atoms with E-state index in [2.05, 4.69) is 33.7 Å². The topological polar surface area (TPSA) is 366 Å². The summed E-state index contributed by atoms with van der Waals surface area (Å²) in [5, 5.41) is 75.4. The lowest BCUT2D eigenvalue weighted by Crippen LogP contribution is -2.44. The van der Waals surface area contributed by atoms with Crippen LogP contribution in [0.3, 0.4) is 0 Å². The van der Waals surface area contributed by atoms with Gasteiger partial charge in [-0.2, -0.15) is 0 Å². The number of aliphatic carboxylic acids is 4. The van der Waals surface area contributed by atoms with E-state index < -0.39 is 43.6 Å². The molecule has 2 saturated heterocycles. The lowest BCUT2D eigenvalue weighted by molar-refractivity contribution is -0.396. The highest BCUT2D eigenvalue weighted by molar-refractivity contribution is 7.99. The Labute approximate surface area is 400 Å². The lowest BCUT2D eigenvalue weighted by atomic mass is 10.2. The van der Waals surface area contributed by atoms with Crippen LogP contribution in [0.4, 0.5) is 34.1 Å². The van der Waals surface area contributed by atoms with E-state index in [1.807, 2.05) is 48.5 Å². The molecule has 0 unspecified atom stereocenters. The van der Waals surface area contributed by atoms with Gasteiger partial charge >= 0.3 is 23.9 Å². The minimum absolute atomic E-state index is 0. The molecule has 4 aromatic carbocycles. The molecule has 25 nitrogen and oxygen atoms in total. The minimum atomic E-state index is -1.26. The van der Waals surface area contributed by atoms with Gasteiger partial charge in [-0.1, -0.05) is 23.5 Å². The van der Waals surface area contributed by atoms with E-state index >= 15 is 0 Å². The van der Waals surface area contributed by atoms with Crippen LogP contribution >= 0.6 is 23.5 Å². The molecule has 2 fully saturated rings. The first-order valence-electron chi connectivity index (χ1n) is 19.7. The van der Waals surface area contributed by atoms with Crippen molar-refractivity contribution >= 4 is 81.5 Å². The number of carboxylic acids is 4. The Bertz CT molecular complexity index is 2310. The van der Waals surface area contributed by atoms with Gasteiger partial charge < -0.3 is 45.5 Å². The predicted octanol–water partition coefficient (Wildman–Crippen LogP) is 5.41. The third kappa shape index (κ3) is 20.2. The van der Waals surface area contributed by atoms with Gasteiger partial charge in [0.15, 0.2) is 0 Å². The molecular formula is C42H46N8O17S2. The fraction of sp³-hybridized carbons (Fsp3) is 0.238. The zero-order valence-corrected chi connectivity index (χ0v) is 38.3. The SMILES string of the molecule is CN1CCN(c2ccc(Sc3ccc([N+](=O)[O-])cc3[N+](=O)[O-])cc2)CC1.CN1CCN(c2ccc(Sc3ccc([N+](=O)[O-])cc3[N+](=O)[O-])cc2)CC1.O.O=C(O)/C=C\C(=O)O.O=C(O)/C=C\C(=O)O. The Morgan fingerprint density at radius 1 is 0.464 bits per heavy atom. The molecule has 4 aromatic rings. The van der Waals surface area contributed by atoms with E-state index in [0.29, 0.717) is 34.1 Å². The summed E-state index contributed by atoms with van der Waals surface area (Å²) in [6.45, 7) is 7.95. The predicted molar refractivity (Wildman–Crippen MR) is 252 cm³/mol. The van der Waals surface area contributed by atoms with Crippen molar-refractivity contribution in [1.82, 2.24) is 9.80 Å². The molecular weight excluding hydrogens is 953 g/mol. The molecule has 0 aliphatic carbocycles. The number of non-ortho nitro benzene ring substituents is 2. The number of hydrogen-bond acceptors (Lipinski definition) is 18. The largest absolute Gasteiger partial charge is 0.478 e. The van der Waals surface area contributed by atoms with Crippen LogP contribution in [0.25, 0.3) is 0 Å². The molecule has 368 valence electrons. The van der Waals surface area contributed by atoms with Crippen molar-refractivity contribution in [3.05, 3.63) is 150 Å². The van der Waals surface area contributed by atoms with Gasteiger partial charge in [-0.3, -0.25) is 40.5 Å². The molecule has 69 heavy (non-hydrogen) atoms. The average Bonchev–Trinajstić information content (AvgIpc) is 3.29. The van der Waals surface area contributed by atoms with Gasteiger partial charge in [0, 0.05) is 110 Å². The molecule has 6 rings (SSSR count). The third-order valence-corrected chi connectivity index (χ3v) is 11.4. The van der Waals surface area contributed by atoms with Crippen molar-refractivity contribution in [3.63, 3.8) is 0 Å². The molecule has 6 N–H and O–H groups in total. The molecule has 2 aliphatic rings. The van der Waals surface area contributed by atoms with E-state index in [9.17, 15) is 59.6 Å². The molecule has 2 aliphatic heterocycles. The van der Waals surface area contributed by atoms with Gasteiger partial charge in [-0.25, -0.2) is 19.2 Å². The average molecular weight is 999 g/mol. The summed E-state index contributed by atoms with van der Waals surface area (Å²) in [5.41, 5.74) is 1.17. The smallest absolute Gasteiger partial charge is 0.328 e. The number of carbonyl (C=O) groups is 4. The van der Waals surface area contributed by atoms with Gasteiger partial charge in [-0.05, 0) is 74.8 Å². The van der Waals surface area contributed by atoms with Crippen LogP contribution in [0.15, 0.2) is 129 Å². The Kier molecular flexibility index (Phi) is 23.4. The monoisotopic (exact) mass is 998 g/mol. The number of likely N-dealkylation sites (N-methyl/N-ethyl adjacent to an activating group) is 2. The summed E-state index contributed by atoms with van der Waals surface area (Å²) in [5.74, 6) is -5.03. The molecule has 27 heteroatoms. The molecule has 0 aromatic heterocycles. The number of hydrogen-bond donors (Lipinski definition) is 4. The zero-order chi connectivity index (χ0) is 50.5. The van der Waals surface area contributed by atoms with Crippen molar-refractivity contribution in [1.29, 1.82) is 0 Å². The van der Waals surface area contributed by atoms with Gasteiger partial charge in [0.25, 0.3) is 22.7 Å². The van der Waals surface area contributed by atoms with Gasteiger partial charge in [0.05, 0.1) is 41.6 Å². The maximum absolute atomic E-state index is 11.2. The number of anilines is 2. The quantitative estimate of drug-likeness (QED) is 0.0696. The Morgan fingerprint density at radius 2 is 0.739 bits per heavy atom. The second kappa shape index (κ2) is 28.3. The maximum Gasteiger partial charge on any atom is 0.328 e. The summed E-state index contributed by atoms with van der Waals surface area (Å²) < 4.78 is 0. The maximum atomic E-state index is 11.2. The Morgan fingerprint density at radius 3 is 0.971 bits per heavy atom. The highest BCUT2D eigenvalue weighted by Crippen LogP contribution is 2.39. The van der Waals surface area contributed by atoms with E-state index in [4.69, 9.17) is 20.4 Å². The van der Waals surface area contributed by atoms with Crippen molar-refractivity contribution < 1.29 is 64.8 Å². The first-order valence-corrected chi connectivity index (χ1v) is 21.3. The van der Waals surface area contributed by atoms with Gasteiger partial charge in [-0.15, -0.1) is 0 Å². The fourth-order valence-corrected chi connectivity index (χ4v) is 7.62. The number of carboxylic acid groups (broad SMARTS) is 4. The molecule has 0 amide bonds. The van der Waals surface area contributed by atoms with E-state index in [0.717, 1.165) is 85.7 Å². The first kappa shape index (κ1) is 57.1. The summed E-state index contributed by atoms with van der Waals surface area (Å²) >= 11 is 2.46. The summed E-state index contributed by atoms with van der Waals surface area (Å²) in [6, 6.07) is 23.1. The van der Waals surface area contributed by atoms with Crippen molar-refractivity contribution in [2.75, 3.05) is 76.3 Å². The van der Waals surface area contributed by atoms with Crippen LogP contribution in [0.2, 0.25) is 0 Å². The second-order valence-corrected chi connectivity index (χ2v) is 16.4. The first-order chi connectivity index (χ1) is 32.1. The number of piperazine rings is 2. The number of rotatable bonds is 14.